The predicted molar refractivity (Wildman–Crippen MR) is 173 cm³/mol. The number of carbonyl (C=O) groups excluding carboxylic acids is 3. The van der Waals surface area contributed by atoms with Crippen LogP contribution in [-0.2, 0) is 15.7 Å². The summed E-state index contributed by atoms with van der Waals surface area (Å²) in [6.45, 7) is 4.72. The van der Waals surface area contributed by atoms with Crippen LogP contribution >= 0.6 is 27.5 Å². The first-order valence-electron chi connectivity index (χ1n) is 14.2. The summed E-state index contributed by atoms with van der Waals surface area (Å²) in [4.78, 5) is 42.8. The van der Waals surface area contributed by atoms with Gasteiger partial charge in [-0.25, -0.2) is 17.6 Å². The third-order valence-electron chi connectivity index (χ3n) is 7.17. The Morgan fingerprint density at radius 3 is 2.38 bits per heavy atom. The van der Waals surface area contributed by atoms with Crippen LogP contribution in [0, 0.1) is 11.6 Å². The number of fused-ring (bicyclic) bond motifs is 1. The van der Waals surface area contributed by atoms with E-state index in [1.165, 1.54) is 0 Å². The summed E-state index contributed by atoms with van der Waals surface area (Å²) in [6.07, 6.45) is -7.95. The molecular formula is C31H28BrClF7N3O4Si. The summed E-state index contributed by atoms with van der Waals surface area (Å²) in [7, 11) is -1.56. The van der Waals surface area contributed by atoms with Crippen LogP contribution < -0.4 is 15.1 Å². The quantitative estimate of drug-likeness (QED) is 0.0913. The molecular weight excluding hydrogens is 755 g/mol. The number of ketones is 1. The summed E-state index contributed by atoms with van der Waals surface area (Å²) < 4.78 is 102. The van der Waals surface area contributed by atoms with Crippen molar-refractivity contribution in [3.8, 4) is 0 Å². The molecule has 0 bridgehead atoms. The maximum atomic E-state index is 14.3. The van der Waals surface area contributed by atoms with E-state index in [9.17, 15) is 45.1 Å². The lowest BCUT2D eigenvalue weighted by Gasteiger charge is -2.38. The van der Waals surface area contributed by atoms with E-state index in [0.717, 1.165) is 40.1 Å². The van der Waals surface area contributed by atoms with Crippen molar-refractivity contribution in [3.63, 3.8) is 0 Å². The van der Waals surface area contributed by atoms with E-state index in [1.807, 2.05) is 0 Å². The molecule has 0 unspecified atom stereocenters. The molecule has 48 heavy (non-hydrogen) atoms. The fraction of sp³-hybridized carbons (Fsp3) is 0.323. The smallest absolute Gasteiger partial charge is 0.361 e. The first-order chi connectivity index (χ1) is 22.3. The highest BCUT2D eigenvalue weighted by molar-refractivity contribution is 9.10. The topological polar surface area (TPSA) is 79.0 Å². The van der Waals surface area contributed by atoms with E-state index in [4.69, 9.17) is 16.3 Å². The number of nitrogens with zero attached hydrogens (tertiary/aromatic N) is 2. The second-order valence-electron chi connectivity index (χ2n) is 12.1. The van der Waals surface area contributed by atoms with Crippen molar-refractivity contribution < 1.29 is 49.9 Å². The van der Waals surface area contributed by atoms with E-state index in [1.54, 1.807) is 0 Å². The zero-order valence-electron chi connectivity index (χ0n) is 25.6. The van der Waals surface area contributed by atoms with Crippen molar-refractivity contribution >= 4 is 70.3 Å². The van der Waals surface area contributed by atoms with Crippen molar-refractivity contribution in [3.05, 3.63) is 85.8 Å². The Kier molecular flexibility index (Phi) is 11.3. The third kappa shape index (κ3) is 8.75. The van der Waals surface area contributed by atoms with Crippen LogP contribution in [0.1, 0.15) is 31.8 Å². The number of amides is 2. The molecule has 0 spiro atoms. The summed E-state index contributed by atoms with van der Waals surface area (Å²) >= 11 is 9.49. The number of benzene rings is 3. The summed E-state index contributed by atoms with van der Waals surface area (Å²) in [6, 6.07) is 5.78. The SMILES string of the molecule is C[Si](C)(C)CCOCN1C(=O)CN(CC(F)F)c2cc(NC(=O)c3cc(F)cc(C(F)(F)F)c3)c(C(=O)c3cc(F)ccc3Cl)c(Br)c21. The van der Waals surface area contributed by atoms with Crippen LogP contribution in [0.3, 0.4) is 0 Å². The molecule has 4 rings (SSSR count). The average molecular weight is 783 g/mol. The number of rotatable bonds is 11. The van der Waals surface area contributed by atoms with E-state index < -0.39 is 90.9 Å². The normalized spacial score (nSPS) is 13.6. The molecule has 0 saturated carbocycles. The monoisotopic (exact) mass is 781 g/mol. The molecule has 0 aromatic heterocycles. The zero-order chi connectivity index (χ0) is 35.7. The molecule has 0 atom stereocenters. The van der Waals surface area contributed by atoms with Crippen LogP contribution in [0.15, 0.2) is 46.9 Å². The number of alkyl halides is 5. The minimum atomic E-state index is -5.01. The lowest BCUT2D eigenvalue weighted by Crippen LogP contribution is -2.48. The summed E-state index contributed by atoms with van der Waals surface area (Å²) in [5.41, 5.74) is -3.73. The average Bonchev–Trinajstić information content (AvgIpc) is 2.96. The van der Waals surface area contributed by atoms with Crippen molar-refractivity contribution in [2.24, 2.45) is 0 Å². The first kappa shape index (κ1) is 37.3. The number of carbonyl (C=O) groups is 3. The van der Waals surface area contributed by atoms with Gasteiger partial charge < -0.3 is 15.0 Å². The van der Waals surface area contributed by atoms with Crippen molar-refractivity contribution in [2.45, 2.75) is 38.3 Å². The standard InChI is InChI=1S/C31H28BrClF7N3O4Si/c1-48(2,3)7-6-47-15-43-25(44)14-42(13-24(36)37)23-12-22(41-30(46)16-8-17(31(38,39)40)10-19(35)9-16)26(27(32)28(23)43)29(45)20-11-18(34)4-5-21(20)33/h4-5,8-12,24H,6-7,13-15H2,1-3H3,(H,41,46). The number of nitrogens with one attached hydrogen (secondary N) is 1. The number of halogens is 9. The largest absolute Gasteiger partial charge is 0.416 e. The molecule has 1 aliphatic heterocycles. The zero-order valence-corrected chi connectivity index (χ0v) is 28.9. The molecule has 3 aromatic carbocycles. The van der Waals surface area contributed by atoms with Crippen molar-refractivity contribution in [1.82, 2.24) is 0 Å². The van der Waals surface area contributed by atoms with Gasteiger partial charge in [0.2, 0.25) is 5.91 Å². The van der Waals surface area contributed by atoms with Crippen LogP contribution in [-0.4, -0.2) is 58.5 Å². The van der Waals surface area contributed by atoms with Crippen LogP contribution in [0.4, 0.5) is 47.8 Å². The fourth-order valence-corrected chi connectivity index (χ4v) is 6.56. The lowest BCUT2D eigenvalue weighted by molar-refractivity contribution is -0.137. The number of ether oxygens (including phenoxy) is 1. The second-order valence-corrected chi connectivity index (χ2v) is 18.9. The first-order valence-corrected chi connectivity index (χ1v) is 19.1. The molecule has 0 radical (unpaired) electrons. The minimum absolute atomic E-state index is 0.0806. The minimum Gasteiger partial charge on any atom is -0.361 e. The van der Waals surface area contributed by atoms with Gasteiger partial charge in [0.1, 0.15) is 18.4 Å². The molecule has 258 valence electrons. The van der Waals surface area contributed by atoms with E-state index in [2.05, 4.69) is 40.9 Å². The Hall–Kier alpha value is -3.47. The van der Waals surface area contributed by atoms with E-state index in [0.29, 0.717) is 12.1 Å². The van der Waals surface area contributed by atoms with Gasteiger partial charge in [-0.2, -0.15) is 13.2 Å². The van der Waals surface area contributed by atoms with Gasteiger partial charge in [-0.1, -0.05) is 31.2 Å². The Bertz CT molecular complexity index is 1750. The Morgan fingerprint density at radius 1 is 1.06 bits per heavy atom. The second kappa shape index (κ2) is 14.6. The molecule has 1 heterocycles. The molecule has 7 nitrogen and oxygen atoms in total. The fourth-order valence-electron chi connectivity index (χ4n) is 4.79. The van der Waals surface area contributed by atoms with Gasteiger partial charge in [0.25, 0.3) is 12.3 Å². The van der Waals surface area contributed by atoms with Gasteiger partial charge in [0.05, 0.1) is 50.8 Å². The molecule has 1 N–H and O–H groups in total. The van der Waals surface area contributed by atoms with Gasteiger partial charge in [-0.05, 0) is 64.4 Å². The van der Waals surface area contributed by atoms with E-state index in [-0.39, 0.29) is 40.3 Å². The number of hydrogen-bond donors (Lipinski definition) is 1. The molecule has 0 saturated heterocycles. The van der Waals surface area contributed by atoms with Crippen LogP contribution in [0.5, 0.6) is 0 Å². The van der Waals surface area contributed by atoms with Crippen LogP contribution in [0.25, 0.3) is 0 Å². The van der Waals surface area contributed by atoms with Crippen LogP contribution in [0.2, 0.25) is 30.7 Å². The lowest BCUT2D eigenvalue weighted by atomic mass is 9.97. The van der Waals surface area contributed by atoms with Crippen molar-refractivity contribution in [2.75, 3.05) is 41.5 Å². The Balaban J connectivity index is 1.92. The third-order valence-corrected chi connectivity index (χ3v) is 9.97. The summed E-state index contributed by atoms with van der Waals surface area (Å²) in [5.74, 6) is -5.23. The molecule has 0 fully saturated rings. The van der Waals surface area contributed by atoms with Gasteiger partial charge in [0.15, 0.2) is 5.78 Å². The van der Waals surface area contributed by atoms with Gasteiger partial charge in [-0.3, -0.25) is 19.3 Å². The van der Waals surface area contributed by atoms with Gasteiger partial charge in [0, 0.05) is 25.8 Å². The van der Waals surface area contributed by atoms with Gasteiger partial charge in [-0.15, -0.1) is 0 Å². The van der Waals surface area contributed by atoms with E-state index >= 15 is 0 Å². The summed E-state index contributed by atoms with van der Waals surface area (Å²) in [5, 5.41) is 2.05. The molecule has 2 amide bonds. The molecule has 3 aromatic rings. The number of hydrogen-bond acceptors (Lipinski definition) is 5. The van der Waals surface area contributed by atoms with Crippen molar-refractivity contribution in [1.29, 1.82) is 0 Å². The molecule has 17 heteroatoms. The maximum absolute atomic E-state index is 14.3. The predicted octanol–water partition coefficient (Wildman–Crippen LogP) is 8.61. The van der Waals surface area contributed by atoms with Gasteiger partial charge >= 0.3 is 6.18 Å². The highest BCUT2D eigenvalue weighted by atomic mass is 79.9. The maximum Gasteiger partial charge on any atom is 0.416 e. The molecule has 0 aliphatic carbocycles. The molecule has 1 aliphatic rings. The number of anilines is 3. The highest BCUT2D eigenvalue weighted by Gasteiger charge is 2.37. The highest BCUT2D eigenvalue weighted by Crippen LogP contribution is 2.46. The Morgan fingerprint density at radius 2 is 1.75 bits per heavy atom. The Labute approximate surface area is 285 Å².